The van der Waals surface area contributed by atoms with Gasteiger partial charge in [-0.1, -0.05) is 25.1 Å². The lowest BCUT2D eigenvalue weighted by atomic mass is 10.0. The Morgan fingerprint density at radius 1 is 1.11 bits per heavy atom. The van der Waals surface area contributed by atoms with Crippen molar-refractivity contribution in [2.75, 3.05) is 11.4 Å². The van der Waals surface area contributed by atoms with Crippen molar-refractivity contribution in [3.63, 3.8) is 0 Å². The van der Waals surface area contributed by atoms with Crippen molar-refractivity contribution in [1.29, 1.82) is 0 Å². The molecule has 0 unspecified atom stereocenters. The first-order chi connectivity index (χ1) is 13.6. The molecular formula is C22H20FN3O2. The molecule has 0 N–H and O–H groups in total. The molecule has 0 amide bonds. The van der Waals surface area contributed by atoms with Crippen LogP contribution in [0.5, 0.6) is 0 Å². The van der Waals surface area contributed by atoms with Gasteiger partial charge in [-0.2, -0.15) is 4.98 Å². The van der Waals surface area contributed by atoms with E-state index in [4.69, 9.17) is 8.94 Å². The molecule has 6 heteroatoms. The van der Waals surface area contributed by atoms with Gasteiger partial charge in [-0.05, 0) is 54.3 Å². The fourth-order valence-corrected chi connectivity index (χ4v) is 3.65. The minimum atomic E-state index is -0.264. The number of benzene rings is 2. The average Bonchev–Trinajstić information content (AvgIpc) is 3.31. The van der Waals surface area contributed by atoms with Crippen LogP contribution in [0.3, 0.4) is 0 Å². The largest absolute Gasteiger partial charge is 0.423 e. The minimum absolute atomic E-state index is 0.264. The van der Waals surface area contributed by atoms with Crippen LogP contribution in [0.2, 0.25) is 0 Å². The molecule has 142 valence electrons. The summed E-state index contributed by atoms with van der Waals surface area (Å²) in [6, 6.07) is 13.1. The van der Waals surface area contributed by atoms with Gasteiger partial charge in [0.15, 0.2) is 11.3 Å². The molecule has 0 saturated carbocycles. The van der Waals surface area contributed by atoms with E-state index < -0.39 is 0 Å². The maximum atomic E-state index is 13.2. The van der Waals surface area contributed by atoms with Gasteiger partial charge in [0.25, 0.3) is 6.01 Å². The molecule has 5 nitrogen and oxygen atoms in total. The molecule has 0 aliphatic carbocycles. The Kier molecular flexibility index (Phi) is 3.93. The third kappa shape index (κ3) is 2.85. The second kappa shape index (κ2) is 6.48. The standard InChI is InChI=1S/C22H20FN3O2/c1-13(2)15-5-8-20-18(11-15)24-22(27-20)26-10-9-17-19(12-26)25-28-21(17)14-3-6-16(23)7-4-14/h3-8,11,13H,9-10,12H2,1-2H3. The van der Waals surface area contributed by atoms with Crippen molar-refractivity contribution in [3.8, 4) is 11.3 Å². The van der Waals surface area contributed by atoms with Crippen LogP contribution in [0, 0.1) is 5.82 Å². The fraction of sp³-hybridized carbons (Fsp3) is 0.273. The molecule has 0 bridgehead atoms. The third-order valence-electron chi connectivity index (χ3n) is 5.29. The molecule has 5 rings (SSSR count). The highest BCUT2D eigenvalue weighted by Crippen LogP contribution is 2.33. The van der Waals surface area contributed by atoms with Crippen LogP contribution in [-0.2, 0) is 13.0 Å². The number of rotatable bonds is 3. The summed E-state index contributed by atoms with van der Waals surface area (Å²) in [7, 11) is 0. The van der Waals surface area contributed by atoms with Crippen molar-refractivity contribution in [2.45, 2.75) is 32.7 Å². The molecule has 4 aromatic rings. The zero-order valence-corrected chi connectivity index (χ0v) is 15.8. The third-order valence-corrected chi connectivity index (χ3v) is 5.29. The van der Waals surface area contributed by atoms with Crippen LogP contribution in [0.25, 0.3) is 22.4 Å². The van der Waals surface area contributed by atoms with Gasteiger partial charge in [-0.25, -0.2) is 4.39 Å². The highest BCUT2D eigenvalue weighted by atomic mass is 19.1. The number of anilines is 1. The van der Waals surface area contributed by atoms with E-state index in [0.717, 1.165) is 40.9 Å². The number of oxazole rings is 1. The lowest BCUT2D eigenvalue weighted by Crippen LogP contribution is -2.30. The summed E-state index contributed by atoms with van der Waals surface area (Å²) in [5, 5.41) is 4.24. The van der Waals surface area contributed by atoms with Crippen LogP contribution < -0.4 is 4.90 Å². The van der Waals surface area contributed by atoms with Crippen LogP contribution in [0.1, 0.15) is 36.6 Å². The summed E-state index contributed by atoms with van der Waals surface area (Å²) >= 11 is 0. The van der Waals surface area contributed by atoms with Gasteiger partial charge < -0.3 is 13.8 Å². The Morgan fingerprint density at radius 3 is 2.71 bits per heavy atom. The molecule has 0 atom stereocenters. The molecule has 2 aromatic heterocycles. The minimum Gasteiger partial charge on any atom is -0.423 e. The summed E-state index contributed by atoms with van der Waals surface area (Å²) in [5.74, 6) is 0.899. The first kappa shape index (κ1) is 17.0. The van der Waals surface area contributed by atoms with Crippen molar-refractivity contribution >= 4 is 17.1 Å². The Hall–Kier alpha value is -3.15. The van der Waals surface area contributed by atoms with E-state index in [2.05, 4.69) is 41.0 Å². The quantitative estimate of drug-likeness (QED) is 0.484. The van der Waals surface area contributed by atoms with E-state index in [1.165, 1.54) is 17.7 Å². The highest BCUT2D eigenvalue weighted by Gasteiger charge is 2.27. The van der Waals surface area contributed by atoms with Crippen LogP contribution in [-0.4, -0.2) is 16.7 Å². The van der Waals surface area contributed by atoms with E-state index in [0.29, 0.717) is 24.2 Å². The smallest absolute Gasteiger partial charge is 0.298 e. The Labute approximate surface area is 161 Å². The predicted octanol–water partition coefficient (Wildman–Crippen LogP) is 5.31. The van der Waals surface area contributed by atoms with Crippen LogP contribution >= 0.6 is 0 Å². The monoisotopic (exact) mass is 377 g/mol. The van der Waals surface area contributed by atoms with Gasteiger partial charge in [-0.15, -0.1) is 0 Å². The normalized spacial score (nSPS) is 14.1. The van der Waals surface area contributed by atoms with E-state index in [1.807, 2.05) is 6.07 Å². The second-order valence-corrected chi connectivity index (χ2v) is 7.49. The Bertz CT molecular complexity index is 1140. The van der Waals surface area contributed by atoms with Gasteiger partial charge in [-0.3, -0.25) is 0 Å². The van der Waals surface area contributed by atoms with E-state index in [-0.39, 0.29) is 5.82 Å². The summed E-state index contributed by atoms with van der Waals surface area (Å²) in [5.41, 5.74) is 5.69. The molecule has 3 heterocycles. The Morgan fingerprint density at radius 2 is 1.93 bits per heavy atom. The zero-order valence-electron chi connectivity index (χ0n) is 15.8. The number of aromatic nitrogens is 2. The lowest BCUT2D eigenvalue weighted by Gasteiger charge is -2.24. The molecule has 28 heavy (non-hydrogen) atoms. The molecule has 0 radical (unpaired) electrons. The number of hydrogen-bond acceptors (Lipinski definition) is 5. The molecule has 0 fully saturated rings. The predicted molar refractivity (Wildman–Crippen MR) is 105 cm³/mol. The maximum absolute atomic E-state index is 13.2. The van der Waals surface area contributed by atoms with Crippen molar-refractivity contribution in [3.05, 3.63) is 65.1 Å². The van der Waals surface area contributed by atoms with Crippen molar-refractivity contribution in [2.24, 2.45) is 0 Å². The maximum Gasteiger partial charge on any atom is 0.298 e. The van der Waals surface area contributed by atoms with Crippen LogP contribution in [0.4, 0.5) is 10.4 Å². The van der Waals surface area contributed by atoms with Crippen LogP contribution in [0.15, 0.2) is 51.4 Å². The molecule has 0 spiro atoms. The highest BCUT2D eigenvalue weighted by molar-refractivity contribution is 5.75. The zero-order chi connectivity index (χ0) is 19.3. The molecule has 0 saturated heterocycles. The number of nitrogens with zero attached hydrogens (tertiary/aromatic N) is 3. The average molecular weight is 377 g/mol. The van der Waals surface area contributed by atoms with Gasteiger partial charge in [0.2, 0.25) is 0 Å². The van der Waals surface area contributed by atoms with E-state index in [1.54, 1.807) is 12.1 Å². The molecule has 1 aliphatic rings. The number of fused-ring (bicyclic) bond motifs is 2. The summed E-state index contributed by atoms with van der Waals surface area (Å²) < 4.78 is 24.7. The molecule has 1 aliphatic heterocycles. The number of halogens is 1. The fourth-order valence-electron chi connectivity index (χ4n) is 3.65. The van der Waals surface area contributed by atoms with Crippen molar-refractivity contribution < 1.29 is 13.3 Å². The number of hydrogen-bond donors (Lipinski definition) is 0. The van der Waals surface area contributed by atoms with Gasteiger partial charge in [0.05, 0.1) is 6.54 Å². The SMILES string of the molecule is CC(C)c1ccc2oc(N3CCc4c(noc4-c4ccc(F)cc4)C3)nc2c1. The topological polar surface area (TPSA) is 55.3 Å². The van der Waals surface area contributed by atoms with Crippen molar-refractivity contribution in [1.82, 2.24) is 10.1 Å². The molecular weight excluding hydrogens is 357 g/mol. The lowest BCUT2D eigenvalue weighted by molar-refractivity contribution is 0.422. The second-order valence-electron chi connectivity index (χ2n) is 7.49. The molecule has 2 aromatic carbocycles. The first-order valence-electron chi connectivity index (χ1n) is 9.47. The summed E-state index contributed by atoms with van der Waals surface area (Å²) in [4.78, 5) is 6.76. The van der Waals surface area contributed by atoms with Gasteiger partial charge in [0, 0.05) is 17.7 Å². The van der Waals surface area contributed by atoms with E-state index in [9.17, 15) is 4.39 Å². The summed E-state index contributed by atoms with van der Waals surface area (Å²) in [6.07, 6.45) is 0.765. The summed E-state index contributed by atoms with van der Waals surface area (Å²) in [6.45, 7) is 5.66. The van der Waals surface area contributed by atoms with Gasteiger partial charge >= 0.3 is 0 Å². The van der Waals surface area contributed by atoms with Gasteiger partial charge in [0.1, 0.15) is 17.0 Å². The first-order valence-corrected chi connectivity index (χ1v) is 9.47. The van der Waals surface area contributed by atoms with E-state index >= 15 is 0 Å². The Balaban J connectivity index is 1.43.